The quantitative estimate of drug-likeness (QED) is 0.597. The monoisotopic (exact) mass is 422 g/mol. The minimum Gasteiger partial charge on any atom is -0.497 e. The molecule has 118 valence electrons. The average molecular weight is 422 g/mol. The molecule has 6 heteroatoms. The van der Waals surface area contributed by atoms with Crippen molar-refractivity contribution in [2.24, 2.45) is 0 Å². The molecule has 0 unspecified atom stereocenters. The predicted octanol–water partition coefficient (Wildman–Crippen LogP) is 3.93. The summed E-state index contributed by atoms with van der Waals surface area (Å²) in [5.74, 6) is 2.15. The Hall–Kier alpha value is -2.09. The van der Waals surface area contributed by atoms with Gasteiger partial charge in [-0.05, 0) is 52.9 Å². The second kappa shape index (κ2) is 6.57. The maximum Gasteiger partial charge on any atom is 0.176 e. The number of benzene rings is 2. The summed E-state index contributed by atoms with van der Waals surface area (Å²) in [6.45, 7) is 0. The number of ether oxygens (including phenoxy) is 3. The number of methoxy groups -OCH3 is 3. The molecule has 0 fully saturated rings. The second-order valence-electron chi connectivity index (χ2n) is 4.77. The van der Waals surface area contributed by atoms with Gasteiger partial charge < -0.3 is 14.2 Å². The third kappa shape index (κ3) is 2.78. The van der Waals surface area contributed by atoms with Crippen LogP contribution in [0.5, 0.6) is 17.2 Å². The van der Waals surface area contributed by atoms with Gasteiger partial charge in [0.1, 0.15) is 12.1 Å². The molecule has 0 spiro atoms. The third-order valence-electron chi connectivity index (χ3n) is 3.58. The number of hydrogen-bond acceptors (Lipinski definition) is 5. The zero-order chi connectivity index (χ0) is 16.4. The molecule has 0 bridgehead atoms. The molecule has 0 radical (unpaired) electrons. The molecule has 1 heterocycles. The first-order valence-corrected chi connectivity index (χ1v) is 7.97. The fourth-order valence-corrected chi connectivity index (χ4v) is 3.36. The number of aromatic nitrogens is 2. The average Bonchev–Trinajstić information content (AvgIpc) is 2.61. The van der Waals surface area contributed by atoms with Crippen molar-refractivity contribution >= 4 is 33.5 Å². The third-order valence-corrected chi connectivity index (χ3v) is 4.58. The van der Waals surface area contributed by atoms with E-state index in [1.807, 2.05) is 30.3 Å². The first-order chi connectivity index (χ1) is 11.2. The van der Waals surface area contributed by atoms with Gasteiger partial charge in [0.2, 0.25) is 0 Å². The number of nitrogens with zero attached hydrogens (tertiary/aromatic N) is 2. The molecule has 3 aromatic rings. The molecular formula is C17H15IN2O3. The Kier molecular flexibility index (Phi) is 4.51. The van der Waals surface area contributed by atoms with Crippen LogP contribution in [-0.4, -0.2) is 31.3 Å². The molecule has 0 aliphatic heterocycles. The highest BCUT2D eigenvalue weighted by Gasteiger charge is 2.17. The highest BCUT2D eigenvalue weighted by Crippen LogP contribution is 2.40. The van der Waals surface area contributed by atoms with Gasteiger partial charge in [-0.1, -0.05) is 0 Å². The fourth-order valence-electron chi connectivity index (χ4n) is 2.44. The summed E-state index contributed by atoms with van der Waals surface area (Å²) in [4.78, 5) is 8.86. The van der Waals surface area contributed by atoms with Gasteiger partial charge in [0.25, 0.3) is 0 Å². The summed E-state index contributed by atoms with van der Waals surface area (Å²) in [7, 11) is 4.89. The van der Waals surface area contributed by atoms with E-state index in [2.05, 4.69) is 32.6 Å². The van der Waals surface area contributed by atoms with E-state index < -0.39 is 0 Å². The van der Waals surface area contributed by atoms with Crippen molar-refractivity contribution in [3.63, 3.8) is 0 Å². The van der Waals surface area contributed by atoms with Crippen molar-refractivity contribution in [2.45, 2.75) is 0 Å². The SMILES string of the molecule is COc1ccc(-c2ncnc3c(I)c(OC)c(OC)cc23)cc1. The van der Waals surface area contributed by atoms with Gasteiger partial charge in [0, 0.05) is 10.9 Å². The number of rotatable bonds is 4. The zero-order valence-corrected chi connectivity index (χ0v) is 15.1. The molecule has 0 saturated heterocycles. The minimum absolute atomic E-state index is 0.661. The first kappa shape index (κ1) is 15.8. The Morgan fingerprint density at radius 3 is 2.26 bits per heavy atom. The van der Waals surface area contributed by atoms with Gasteiger partial charge in [0.15, 0.2) is 11.5 Å². The molecule has 2 aromatic carbocycles. The number of hydrogen-bond donors (Lipinski definition) is 0. The van der Waals surface area contributed by atoms with Crippen LogP contribution < -0.4 is 14.2 Å². The van der Waals surface area contributed by atoms with Crippen LogP contribution in [0.1, 0.15) is 0 Å². The van der Waals surface area contributed by atoms with E-state index in [4.69, 9.17) is 14.2 Å². The molecule has 0 aliphatic rings. The van der Waals surface area contributed by atoms with Crippen molar-refractivity contribution in [3.8, 4) is 28.5 Å². The zero-order valence-electron chi connectivity index (χ0n) is 13.0. The van der Waals surface area contributed by atoms with E-state index in [0.717, 1.165) is 31.5 Å². The molecule has 0 aliphatic carbocycles. The van der Waals surface area contributed by atoms with Crippen molar-refractivity contribution in [3.05, 3.63) is 40.2 Å². The second-order valence-corrected chi connectivity index (χ2v) is 5.85. The van der Waals surface area contributed by atoms with Gasteiger partial charge in [-0.25, -0.2) is 9.97 Å². The fraction of sp³-hybridized carbons (Fsp3) is 0.176. The summed E-state index contributed by atoms with van der Waals surface area (Å²) in [5.41, 5.74) is 2.67. The van der Waals surface area contributed by atoms with Crippen LogP contribution in [0.15, 0.2) is 36.7 Å². The van der Waals surface area contributed by atoms with E-state index in [1.165, 1.54) is 0 Å². The summed E-state index contributed by atoms with van der Waals surface area (Å²) in [6.07, 6.45) is 1.57. The van der Waals surface area contributed by atoms with Crippen molar-refractivity contribution in [1.29, 1.82) is 0 Å². The smallest absolute Gasteiger partial charge is 0.176 e. The van der Waals surface area contributed by atoms with E-state index in [-0.39, 0.29) is 0 Å². The maximum atomic E-state index is 5.45. The number of fused-ring (bicyclic) bond motifs is 1. The lowest BCUT2D eigenvalue weighted by molar-refractivity contribution is 0.354. The Balaban J connectivity index is 2.27. The van der Waals surface area contributed by atoms with Crippen LogP contribution in [0.2, 0.25) is 0 Å². The predicted molar refractivity (Wildman–Crippen MR) is 97.3 cm³/mol. The molecule has 0 saturated carbocycles. The van der Waals surface area contributed by atoms with Crippen LogP contribution in [0.25, 0.3) is 22.2 Å². The van der Waals surface area contributed by atoms with Crippen LogP contribution in [0, 0.1) is 3.57 Å². The normalized spacial score (nSPS) is 10.6. The van der Waals surface area contributed by atoms with Crippen LogP contribution in [0.4, 0.5) is 0 Å². The van der Waals surface area contributed by atoms with E-state index in [1.54, 1.807) is 27.7 Å². The van der Waals surface area contributed by atoms with Crippen molar-refractivity contribution < 1.29 is 14.2 Å². The summed E-state index contributed by atoms with van der Waals surface area (Å²) in [6, 6.07) is 9.69. The Morgan fingerprint density at radius 1 is 0.913 bits per heavy atom. The topological polar surface area (TPSA) is 53.5 Å². The highest BCUT2D eigenvalue weighted by molar-refractivity contribution is 14.1. The van der Waals surface area contributed by atoms with Gasteiger partial charge in [0.05, 0.1) is 36.1 Å². The van der Waals surface area contributed by atoms with E-state index >= 15 is 0 Å². The molecule has 23 heavy (non-hydrogen) atoms. The number of halogens is 1. The molecule has 0 amide bonds. The Bertz CT molecular complexity index is 851. The van der Waals surface area contributed by atoms with Gasteiger partial charge in [-0.15, -0.1) is 0 Å². The molecule has 1 aromatic heterocycles. The Morgan fingerprint density at radius 2 is 1.65 bits per heavy atom. The molecule has 0 atom stereocenters. The molecular weight excluding hydrogens is 407 g/mol. The lowest BCUT2D eigenvalue weighted by Crippen LogP contribution is -1.97. The van der Waals surface area contributed by atoms with Crippen molar-refractivity contribution in [1.82, 2.24) is 9.97 Å². The van der Waals surface area contributed by atoms with Crippen LogP contribution in [0.3, 0.4) is 0 Å². The minimum atomic E-state index is 0.661. The maximum absolute atomic E-state index is 5.45. The van der Waals surface area contributed by atoms with Crippen LogP contribution >= 0.6 is 22.6 Å². The lowest BCUT2D eigenvalue weighted by Gasteiger charge is -2.13. The van der Waals surface area contributed by atoms with Gasteiger partial charge in [-0.3, -0.25) is 0 Å². The highest BCUT2D eigenvalue weighted by atomic mass is 127. The largest absolute Gasteiger partial charge is 0.497 e. The standard InChI is InChI=1S/C17H15IN2O3/c1-21-11-6-4-10(5-7-11)15-12-8-13(22-2)17(23-3)14(18)16(12)20-9-19-15/h4-9H,1-3H3. The van der Waals surface area contributed by atoms with E-state index in [9.17, 15) is 0 Å². The molecule has 3 rings (SSSR count). The summed E-state index contributed by atoms with van der Waals surface area (Å²) in [5, 5.41) is 0.916. The summed E-state index contributed by atoms with van der Waals surface area (Å²) < 4.78 is 17.0. The van der Waals surface area contributed by atoms with Crippen LogP contribution in [-0.2, 0) is 0 Å². The van der Waals surface area contributed by atoms with E-state index in [0.29, 0.717) is 11.5 Å². The lowest BCUT2D eigenvalue weighted by atomic mass is 10.1. The van der Waals surface area contributed by atoms with Gasteiger partial charge in [-0.2, -0.15) is 0 Å². The molecule has 0 N–H and O–H groups in total. The summed E-state index contributed by atoms with van der Waals surface area (Å²) >= 11 is 2.22. The Labute approximate surface area is 147 Å². The first-order valence-electron chi connectivity index (χ1n) is 6.89. The van der Waals surface area contributed by atoms with Gasteiger partial charge >= 0.3 is 0 Å². The molecule has 5 nitrogen and oxygen atoms in total. The van der Waals surface area contributed by atoms with Crippen molar-refractivity contribution in [2.75, 3.05) is 21.3 Å².